The van der Waals surface area contributed by atoms with E-state index in [1.165, 1.54) is 0 Å². The summed E-state index contributed by atoms with van der Waals surface area (Å²) < 4.78 is 0. The number of phenols is 1. The van der Waals surface area contributed by atoms with Gasteiger partial charge < -0.3 is 5.11 Å². The first kappa shape index (κ1) is 9.59. The fourth-order valence-corrected chi connectivity index (χ4v) is 1.32. The molecule has 1 aromatic carbocycles. The molecular weight excluding hydrogens is 160 g/mol. The molecule has 0 saturated heterocycles. The van der Waals surface area contributed by atoms with Crippen LogP contribution in [0.15, 0.2) is 37.4 Å². The van der Waals surface area contributed by atoms with E-state index in [-0.39, 0.29) is 0 Å². The Kier molecular flexibility index (Phi) is 2.91. The molecule has 0 aliphatic heterocycles. The number of phenolic OH excluding ortho intramolecular Hbond substituents is 1. The Morgan fingerprint density at radius 2 is 2.23 bits per heavy atom. The molecule has 1 N–H and O–H groups in total. The third kappa shape index (κ3) is 2.22. The Bertz CT molecular complexity index is 337. The van der Waals surface area contributed by atoms with Crippen LogP contribution in [0.5, 0.6) is 5.75 Å². The fourth-order valence-electron chi connectivity index (χ4n) is 1.32. The molecule has 68 valence electrons. The largest absolute Gasteiger partial charge is 0.508 e. The Hall–Kier alpha value is -1.50. The van der Waals surface area contributed by atoms with Crippen molar-refractivity contribution < 1.29 is 5.11 Å². The maximum Gasteiger partial charge on any atom is 0.115 e. The zero-order valence-electron chi connectivity index (χ0n) is 7.88. The van der Waals surface area contributed by atoms with Gasteiger partial charge in [0.05, 0.1) is 0 Å². The maximum absolute atomic E-state index is 9.28. The lowest BCUT2D eigenvalue weighted by Gasteiger charge is -2.07. The molecule has 0 spiro atoms. The number of aromatic hydroxyl groups is 1. The lowest BCUT2D eigenvalue weighted by molar-refractivity contribution is 0.474. The lowest BCUT2D eigenvalue weighted by Crippen LogP contribution is -1.89. The molecule has 1 aromatic rings. The highest BCUT2D eigenvalue weighted by Crippen LogP contribution is 2.22. The number of hydrogen-bond acceptors (Lipinski definition) is 1. The zero-order valence-corrected chi connectivity index (χ0v) is 7.88. The van der Waals surface area contributed by atoms with E-state index in [1.54, 1.807) is 12.1 Å². The van der Waals surface area contributed by atoms with Gasteiger partial charge in [-0.15, -0.1) is 6.58 Å². The van der Waals surface area contributed by atoms with Gasteiger partial charge in [-0.2, -0.15) is 0 Å². The Labute approximate surface area is 79.0 Å². The summed E-state index contributed by atoms with van der Waals surface area (Å²) in [7, 11) is 0. The summed E-state index contributed by atoms with van der Waals surface area (Å²) in [6.45, 7) is 9.51. The SMILES string of the molecule is C=CCc1cc(O)ccc1C(=C)C. The van der Waals surface area contributed by atoms with Crippen molar-refractivity contribution in [3.05, 3.63) is 48.6 Å². The lowest BCUT2D eigenvalue weighted by atomic mass is 9.99. The van der Waals surface area contributed by atoms with Crippen LogP contribution < -0.4 is 0 Å². The van der Waals surface area contributed by atoms with Crippen molar-refractivity contribution in [1.82, 2.24) is 0 Å². The highest BCUT2D eigenvalue weighted by atomic mass is 16.3. The smallest absolute Gasteiger partial charge is 0.115 e. The Morgan fingerprint density at radius 3 is 2.77 bits per heavy atom. The minimum Gasteiger partial charge on any atom is -0.508 e. The molecular formula is C12H14O. The van der Waals surface area contributed by atoms with Crippen LogP contribution in [-0.4, -0.2) is 5.11 Å². The summed E-state index contributed by atoms with van der Waals surface area (Å²) in [5.41, 5.74) is 3.18. The molecule has 0 aromatic heterocycles. The zero-order chi connectivity index (χ0) is 9.84. The molecule has 0 amide bonds. The first-order chi connectivity index (χ1) is 6.15. The van der Waals surface area contributed by atoms with Crippen LogP contribution in [0.4, 0.5) is 0 Å². The standard InChI is InChI=1S/C12H14O/c1-4-5-10-8-11(13)6-7-12(10)9(2)3/h4,6-8,13H,1-2,5H2,3H3. The van der Waals surface area contributed by atoms with Crippen LogP contribution in [-0.2, 0) is 6.42 Å². The van der Waals surface area contributed by atoms with E-state index >= 15 is 0 Å². The molecule has 0 aliphatic rings. The topological polar surface area (TPSA) is 20.2 Å². The maximum atomic E-state index is 9.28. The molecule has 13 heavy (non-hydrogen) atoms. The predicted octanol–water partition coefficient (Wildman–Crippen LogP) is 3.15. The van der Waals surface area contributed by atoms with Gasteiger partial charge in [0, 0.05) is 0 Å². The van der Waals surface area contributed by atoms with Crippen LogP contribution in [0.1, 0.15) is 18.1 Å². The normalized spacial score (nSPS) is 9.62. The molecule has 1 nitrogen and oxygen atoms in total. The quantitative estimate of drug-likeness (QED) is 0.698. The summed E-state index contributed by atoms with van der Waals surface area (Å²) >= 11 is 0. The molecule has 0 aliphatic carbocycles. The van der Waals surface area contributed by atoms with Gasteiger partial charge in [-0.3, -0.25) is 0 Å². The molecule has 0 unspecified atom stereocenters. The average Bonchev–Trinajstić information content (AvgIpc) is 2.04. The highest BCUT2D eigenvalue weighted by Gasteiger charge is 2.02. The van der Waals surface area contributed by atoms with E-state index in [2.05, 4.69) is 13.2 Å². The molecule has 1 rings (SSSR count). The van der Waals surface area contributed by atoms with Gasteiger partial charge in [-0.1, -0.05) is 24.3 Å². The third-order valence-corrected chi connectivity index (χ3v) is 1.91. The van der Waals surface area contributed by atoms with Crippen molar-refractivity contribution >= 4 is 5.57 Å². The molecule has 0 bridgehead atoms. The minimum atomic E-state index is 0.293. The summed E-state index contributed by atoms with van der Waals surface area (Å²) in [4.78, 5) is 0. The highest BCUT2D eigenvalue weighted by molar-refractivity contribution is 5.65. The Morgan fingerprint density at radius 1 is 1.54 bits per heavy atom. The van der Waals surface area contributed by atoms with Crippen LogP contribution in [0.2, 0.25) is 0 Å². The number of benzene rings is 1. The van der Waals surface area contributed by atoms with Crippen molar-refractivity contribution in [1.29, 1.82) is 0 Å². The van der Waals surface area contributed by atoms with Gasteiger partial charge in [0.25, 0.3) is 0 Å². The van der Waals surface area contributed by atoms with Crippen LogP contribution in [0, 0.1) is 0 Å². The van der Waals surface area contributed by atoms with Gasteiger partial charge in [-0.05, 0) is 36.6 Å². The second-order valence-electron chi connectivity index (χ2n) is 3.11. The summed E-state index contributed by atoms with van der Waals surface area (Å²) in [5, 5.41) is 9.28. The minimum absolute atomic E-state index is 0.293. The van der Waals surface area contributed by atoms with E-state index in [4.69, 9.17) is 0 Å². The Balaban J connectivity index is 3.17. The number of rotatable bonds is 3. The van der Waals surface area contributed by atoms with Crippen molar-refractivity contribution in [2.45, 2.75) is 13.3 Å². The van der Waals surface area contributed by atoms with Crippen molar-refractivity contribution in [2.75, 3.05) is 0 Å². The number of hydrogen-bond donors (Lipinski definition) is 1. The van der Waals surface area contributed by atoms with E-state index in [1.807, 2.05) is 19.1 Å². The van der Waals surface area contributed by atoms with Gasteiger partial charge in [0.1, 0.15) is 5.75 Å². The van der Waals surface area contributed by atoms with Crippen LogP contribution in [0.25, 0.3) is 5.57 Å². The second-order valence-corrected chi connectivity index (χ2v) is 3.11. The van der Waals surface area contributed by atoms with Crippen LogP contribution in [0.3, 0.4) is 0 Å². The van der Waals surface area contributed by atoms with Gasteiger partial charge in [-0.25, -0.2) is 0 Å². The first-order valence-corrected chi connectivity index (χ1v) is 4.24. The van der Waals surface area contributed by atoms with E-state index in [0.717, 1.165) is 23.1 Å². The monoisotopic (exact) mass is 174 g/mol. The van der Waals surface area contributed by atoms with Crippen LogP contribution >= 0.6 is 0 Å². The third-order valence-electron chi connectivity index (χ3n) is 1.91. The fraction of sp³-hybridized carbons (Fsp3) is 0.167. The van der Waals surface area contributed by atoms with Gasteiger partial charge in [0.2, 0.25) is 0 Å². The molecule has 0 saturated carbocycles. The van der Waals surface area contributed by atoms with Gasteiger partial charge in [0.15, 0.2) is 0 Å². The van der Waals surface area contributed by atoms with Crippen molar-refractivity contribution in [3.63, 3.8) is 0 Å². The second kappa shape index (κ2) is 3.94. The van der Waals surface area contributed by atoms with E-state index in [9.17, 15) is 5.11 Å². The molecule has 0 heterocycles. The molecule has 0 radical (unpaired) electrons. The molecule has 1 heteroatoms. The molecule has 0 atom stereocenters. The summed E-state index contributed by atoms with van der Waals surface area (Å²) in [6.07, 6.45) is 2.58. The van der Waals surface area contributed by atoms with Crippen molar-refractivity contribution in [2.24, 2.45) is 0 Å². The number of allylic oxidation sites excluding steroid dienone is 2. The van der Waals surface area contributed by atoms with Gasteiger partial charge >= 0.3 is 0 Å². The summed E-state index contributed by atoms with van der Waals surface area (Å²) in [6, 6.07) is 5.32. The first-order valence-electron chi connectivity index (χ1n) is 4.24. The molecule has 0 fully saturated rings. The average molecular weight is 174 g/mol. The van der Waals surface area contributed by atoms with Crippen molar-refractivity contribution in [3.8, 4) is 5.75 Å². The summed E-state index contributed by atoms with van der Waals surface area (Å²) in [5.74, 6) is 0.293. The van der Waals surface area contributed by atoms with E-state index in [0.29, 0.717) is 5.75 Å². The predicted molar refractivity (Wildman–Crippen MR) is 56.7 cm³/mol. The van der Waals surface area contributed by atoms with E-state index < -0.39 is 0 Å².